The van der Waals surface area contributed by atoms with Gasteiger partial charge in [0.05, 0.1) is 15.8 Å². The molecule has 0 unspecified atom stereocenters. The van der Waals surface area contributed by atoms with Crippen LogP contribution in [-0.2, 0) is 0 Å². The third-order valence-corrected chi connectivity index (χ3v) is 4.86. The van der Waals surface area contributed by atoms with Gasteiger partial charge >= 0.3 is 0 Å². The van der Waals surface area contributed by atoms with Crippen LogP contribution in [0.1, 0.15) is 46.0 Å². The lowest BCUT2D eigenvalue weighted by Gasteiger charge is -2.32. The van der Waals surface area contributed by atoms with E-state index in [-0.39, 0.29) is 5.82 Å². The lowest BCUT2D eigenvalue weighted by Crippen LogP contribution is -2.28. The van der Waals surface area contributed by atoms with Crippen molar-refractivity contribution < 1.29 is 4.39 Å². The summed E-state index contributed by atoms with van der Waals surface area (Å²) < 4.78 is 14.0. The Kier molecular flexibility index (Phi) is 4.95. The Morgan fingerprint density at radius 3 is 2.60 bits per heavy atom. The minimum Gasteiger partial charge on any atom is -0.397 e. The number of anilines is 2. The molecule has 2 nitrogen and oxygen atoms in total. The average Bonchev–Trinajstić information content (AvgIpc) is 2.80. The Morgan fingerprint density at radius 2 is 2.00 bits per heavy atom. The van der Waals surface area contributed by atoms with Crippen molar-refractivity contribution in [2.24, 2.45) is 11.3 Å². The third kappa shape index (κ3) is 3.66. The van der Waals surface area contributed by atoms with Crippen molar-refractivity contribution in [1.29, 1.82) is 0 Å². The van der Waals surface area contributed by atoms with Gasteiger partial charge < -0.3 is 11.1 Å². The Labute approximate surface area is 129 Å². The third-order valence-electron chi connectivity index (χ3n) is 4.25. The summed E-state index contributed by atoms with van der Waals surface area (Å²) in [5.74, 6) is 0.417. The summed E-state index contributed by atoms with van der Waals surface area (Å²) in [6.45, 7) is 5.43. The quantitative estimate of drug-likeness (QED) is 0.722. The fourth-order valence-corrected chi connectivity index (χ4v) is 3.80. The fourth-order valence-electron chi connectivity index (χ4n) is 3.44. The number of benzene rings is 1. The average molecular weight is 343 g/mol. The zero-order valence-corrected chi connectivity index (χ0v) is 13.9. The summed E-state index contributed by atoms with van der Waals surface area (Å²) >= 11 is 3.16. The molecule has 3 N–H and O–H groups in total. The van der Waals surface area contributed by atoms with E-state index in [4.69, 9.17) is 5.73 Å². The number of nitrogens with one attached hydrogen (secondary N) is 1. The molecule has 0 aliphatic heterocycles. The van der Waals surface area contributed by atoms with Crippen LogP contribution in [0.5, 0.6) is 0 Å². The van der Waals surface area contributed by atoms with Crippen LogP contribution in [0.4, 0.5) is 15.8 Å². The second kappa shape index (κ2) is 6.33. The normalized spacial score (nSPS) is 17.6. The summed E-state index contributed by atoms with van der Waals surface area (Å²) in [6, 6.07) is 3.11. The van der Waals surface area contributed by atoms with Gasteiger partial charge in [-0.05, 0) is 52.6 Å². The summed E-state index contributed by atoms with van der Waals surface area (Å²) in [5.41, 5.74) is 7.61. The minimum absolute atomic E-state index is 0.272. The molecule has 1 fully saturated rings. The summed E-state index contributed by atoms with van der Waals surface area (Å²) in [4.78, 5) is 0. The van der Waals surface area contributed by atoms with E-state index >= 15 is 0 Å². The SMILES string of the molecule is CC(C)CC1(CNc2cc(F)c(Br)cc2N)CCCC1. The number of hydrogen-bond acceptors (Lipinski definition) is 2. The molecule has 20 heavy (non-hydrogen) atoms. The largest absolute Gasteiger partial charge is 0.397 e. The van der Waals surface area contributed by atoms with Crippen molar-refractivity contribution in [1.82, 2.24) is 0 Å². The van der Waals surface area contributed by atoms with Crippen molar-refractivity contribution in [3.05, 3.63) is 22.4 Å². The Balaban J connectivity index is 2.08. The van der Waals surface area contributed by atoms with Crippen LogP contribution in [0.3, 0.4) is 0 Å². The molecular weight excluding hydrogens is 319 g/mol. The van der Waals surface area contributed by atoms with Crippen LogP contribution >= 0.6 is 15.9 Å². The molecule has 0 bridgehead atoms. The van der Waals surface area contributed by atoms with Gasteiger partial charge in [-0.1, -0.05) is 26.7 Å². The van der Waals surface area contributed by atoms with E-state index in [9.17, 15) is 4.39 Å². The number of halogens is 2. The van der Waals surface area contributed by atoms with E-state index in [0.717, 1.165) is 6.54 Å². The number of rotatable bonds is 5. The topological polar surface area (TPSA) is 38.0 Å². The Hall–Kier alpha value is -0.770. The monoisotopic (exact) mass is 342 g/mol. The Bertz CT molecular complexity index is 468. The highest BCUT2D eigenvalue weighted by molar-refractivity contribution is 9.10. The molecule has 0 radical (unpaired) electrons. The molecule has 1 aromatic carbocycles. The van der Waals surface area contributed by atoms with E-state index in [1.54, 1.807) is 6.07 Å². The highest BCUT2D eigenvalue weighted by Crippen LogP contribution is 2.43. The number of nitrogen functional groups attached to an aromatic ring is 1. The second-order valence-electron chi connectivity index (χ2n) is 6.51. The van der Waals surface area contributed by atoms with E-state index in [1.165, 1.54) is 38.2 Å². The first-order valence-electron chi connectivity index (χ1n) is 7.40. The molecule has 1 saturated carbocycles. The summed E-state index contributed by atoms with van der Waals surface area (Å²) in [7, 11) is 0. The van der Waals surface area contributed by atoms with E-state index in [0.29, 0.717) is 27.2 Å². The maximum atomic E-state index is 13.6. The first-order valence-corrected chi connectivity index (χ1v) is 8.20. The van der Waals surface area contributed by atoms with Crippen molar-refractivity contribution in [2.75, 3.05) is 17.6 Å². The smallest absolute Gasteiger partial charge is 0.139 e. The maximum Gasteiger partial charge on any atom is 0.139 e. The summed E-state index contributed by atoms with van der Waals surface area (Å²) in [6.07, 6.45) is 6.35. The van der Waals surface area contributed by atoms with Gasteiger partial charge in [0.25, 0.3) is 0 Å². The van der Waals surface area contributed by atoms with Crippen molar-refractivity contribution in [2.45, 2.75) is 46.0 Å². The van der Waals surface area contributed by atoms with E-state index in [2.05, 4.69) is 35.1 Å². The van der Waals surface area contributed by atoms with Gasteiger partial charge in [-0.3, -0.25) is 0 Å². The van der Waals surface area contributed by atoms with Gasteiger partial charge in [0.15, 0.2) is 0 Å². The van der Waals surface area contributed by atoms with Crippen LogP contribution < -0.4 is 11.1 Å². The first-order chi connectivity index (χ1) is 9.42. The second-order valence-corrected chi connectivity index (χ2v) is 7.37. The molecule has 1 aliphatic rings. The lowest BCUT2D eigenvalue weighted by atomic mass is 9.78. The first kappa shape index (κ1) is 15.6. The molecular formula is C16H24BrFN2. The molecule has 0 aromatic heterocycles. The molecule has 1 aliphatic carbocycles. The molecule has 112 valence electrons. The zero-order chi connectivity index (χ0) is 14.8. The number of nitrogens with two attached hydrogens (primary N) is 1. The van der Waals surface area contributed by atoms with Gasteiger partial charge in [0.1, 0.15) is 5.82 Å². The zero-order valence-electron chi connectivity index (χ0n) is 12.3. The predicted octanol–water partition coefficient (Wildman–Crippen LogP) is 5.19. The van der Waals surface area contributed by atoms with Gasteiger partial charge in [-0.25, -0.2) is 4.39 Å². The van der Waals surface area contributed by atoms with Gasteiger partial charge in [0, 0.05) is 12.6 Å². The van der Waals surface area contributed by atoms with Gasteiger partial charge in [-0.15, -0.1) is 0 Å². The summed E-state index contributed by atoms with van der Waals surface area (Å²) in [5, 5.41) is 3.38. The van der Waals surface area contributed by atoms with Crippen LogP contribution in [0, 0.1) is 17.2 Å². The van der Waals surface area contributed by atoms with E-state index < -0.39 is 0 Å². The molecule has 1 aromatic rings. The standard InChI is InChI=1S/C16H24BrFN2/c1-11(2)9-16(5-3-4-6-16)10-20-15-8-13(18)12(17)7-14(15)19/h7-8,11,20H,3-6,9-10,19H2,1-2H3. The van der Waals surface area contributed by atoms with Crippen molar-refractivity contribution in [3.63, 3.8) is 0 Å². The molecule has 0 saturated heterocycles. The Morgan fingerprint density at radius 1 is 1.35 bits per heavy atom. The van der Waals surface area contributed by atoms with Crippen LogP contribution in [0.15, 0.2) is 16.6 Å². The molecule has 0 spiro atoms. The van der Waals surface area contributed by atoms with Crippen molar-refractivity contribution >= 4 is 27.3 Å². The van der Waals surface area contributed by atoms with Gasteiger partial charge in [0.2, 0.25) is 0 Å². The van der Waals surface area contributed by atoms with Crippen LogP contribution in [0.2, 0.25) is 0 Å². The van der Waals surface area contributed by atoms with Crippen LogP contribution in [0.25, 0.3) is 0 Å². The molecule has 0 heterocycles. The maximum absolute atomic E-state index is 13.6. The minimum atomic E-state index is -0.272. The number of hydrogen-bond donors (Lipinski definition) is 2. The van der Waals surface area contributed by atoms with Crippen molar-refractivity contribution in [3.8, 4) is 0 Å². The molecule has 4 heteroatoms. The molecule has 0 amide bonds. The van der Waals surface area contributed by atoms with Gasteiger partial charge in [-0.2, -0.15) is 0 Å². The highest BCUT2D eigenvalue weighted by Gasteiger charge is 2.34. The lowest BCUT2D eigenvalue weighted by molar-refractivity contribution is 0.252. The molecule has 0 atom stereocenters. The van der Waals surface area contributed by atoms with E-state index in [1.807, 2.05) is 0 Å². The molecule has 2 rings (SSSR count). The highest BCUT2D eigenvalue weighted by atomic mass is 79.9. The predicted molar refractivity (Wildman–Crippen MR) is 87.4 cm³/mol. The van der Waals surface area contributed by atoms with Crippen LogP contribution in [-0.4, -0.2) is 6.54 Å². The fraction of sp³-hybridized carbons (Fsp3) is 0.625.